The van der Waals surface area contributed by atoms with Gasteiger partial charge in [-0.15, -0.1) is 0 Å². The molecule has 0 rings (SSSR count). The molecule has 0 saturated carbocycles. The molecule has 1 N–H and O–H groups in total. The molecular formula is C6H8O6. The van der Waals surface area contributed by atoms with Crippen molar-refractivity contribution in [1.29, 1.82) is 0 Å². The van der Waals surface area contributed by atoms with Gasteiger partial charge in [-0.25, -0.2) is 4.79 Å². The van der Waals surface area contributed by atoms with E-state index in [1.807, 2.05) is 0 Å². The molecule has 0 heterocycles. The van der Waals surface area contributed by atoms with Crippen LogP contribution in [0.25, 0.3) is 0 Å². The summed E-state index contributed by atoms with van der Waals surface area (Å²) in [5, 5.41) is 8.09. The van der Waals surface area contributed by atoms with Crippen molar-refractivity contribution in [3.05, 3.63) is 0 Å². The van der Waals surface area contributed by atoms with Gasteiger partial charge in [0, 0.05) is 0 Å². The minimum absolute atomic E-state index is 0.103. The van der Waals surface area contributed by atoms with E-state index < -0.39 is 24.1 Å². The molecule has 0 aromatic rings. The highest BCUT2D eigenvalue weighted by Gasteiger charge is 2.19. The minimum Gasteiger partial charge on any atom is -0.481 e. The number of hydrogen-bond acceptors (Lipinski definition) is 5. The molecule has 6 heteroatoms. The summed E-state index contributed by atoms with van der Waals surface area (Å²) in [5.74, 6) is -3.82. The normalized spacial score (nSPS) is 9.08. The number of carboxylic acid groups (broad SMARTS) is 1. The highest BCUT2D eigenvalue weighted by atomic mass is 17.2. The summed E-state index contributed by atoms with van der Waals surface area (Å²) in [6.07, 6.45) is -0.883. The number of carbonyl (C=O) groups excluding carboxylic acids is 2. The molecule has 0 atom stereocenters. The Morgan fingerprint density at radius 3 is 2.33 bits per heavy atom. The third-order valence-electron chi connectivity index (χ3n) is 0.792. The number of Topliss-reactive ketones (excluding diaryl/α,β-unsaturated/α-hetero) is 1. The van der Waals surface area contributed by atoms with Gasteiger partial charge >= 0.3 is 11.9 Å². The molecule has 6 nitrogen and oxygen atoms in total. The Morgan fingerprint density at radius 1 is 1.33 bits per heavy atom. The minimum atomic E-state index is -1.38. The Hall–Kier alpha value is -1.43. The number of aliphatic carboxylic acids is 1. The van der Waals surface area contributed by atoms with Crippen molar-refractivity contribution in [2.75, 3.05) is 6.61 Å². The Balaban J connectivity index is 3.77. The van der Waals surface area contributed by atoms with Crippen molar-refractivity contribution in [1.82, 2.24) is 0 Å². The summed E-state index contributed by atoms with van der Waals surface area (Å²) >= 11 is 0. The molecule has 0 aromatic heterocycles. The molecular weight excluding hydrogens is 168 g/mol. The predicted octanol–water partition coefficient (Wildman–Crippen LogP) is -0.475. The van der Waals surface area contributed by atoms with Crippen molar-refractivity contribution in [3.63, 3.8) is 0 Å². The lowest BCUT2D eigenvalue weighted by molar-refractivity contribution is -0.266. The Kier molecular flexibility index (Phi) is 4.62. The molecule has 68 valence electrons. The molecule has 0 unspecified atom stereocenters. The topological polar surface area (TPSA) is 89.9 Å². The van der Waals surface area contributed by atoms with E-state index in [2.05, 4.69) is 9.78 Å². The van der Waals surface area contributed by atoms with E-state index in [1.54, 1.807) is 6.92 Å². The summed E-state index contributed by atoms with van der Waals surface area (Å²) in [4.78, 5) is 39.0. The second-order valence-electron chi connectivity index (χ2n) is 1.77. The fourth-order valence-electron chi connectivity index (χ4n) is 0.368. The molecule has 0 spiro atoms. The maximum absolute atomic E-state index is 10.5. The van der Waals surface area contributed by atoms with Crippen LogP contribution < -0.4 is 0 Å². The van der Waals surface area contributed by atoms with Crippen LogP contribution in [0.4, 0.5) is 0 Å². The fourth-order valence-corrected chi connectivity index (χ4v) is 0.368. The summed E-state index contributed by atoms with van der Waals surface area (Å²) in [7, 11) is 0. The van der Waals surface area contributed by atoms with Crippen molar-refractivity contribution in [3.8, 4) is 0 Å². The van der Waals surface area contributed by atoms with Crippen LogP contribution in [-0.4, -0.2) is 29.4 Å². The average Bonchev–Trinajstić information content (AvgIpc) is 1.98. The molecule has 0 fully saturated rings. The van der Waals surface area contributed by atoms with Crippen molar-refractivity contribution in [2.45, 2.75) is 13.3 Å². The predicted molar refractivity (Wildman–Crippen MR) is 35.0 cm³/mol. The van der Waals surface area contributed by atoms with E-state index in [9.17, 15) is 14.4 Å². The monoisotopic (exact) mass is 176 g/mol. The van der Waals surface area contributed by atoms with E-state index in [0.717, 1.165) is 0 Å². The highest BCUT2D eigenvalue weighted by Crippen LogP contribution is 1.88. The van der Waals surface area contributed by atoms with Crippen molar-refractivity contribution >= 4 is 17.7 Å². The lowest BCUT2D eigenvalue weighted by Gasteiger charge is -1.97. The molecule has 0 saturated heterocycles. The second-order valence-corrected chi connectivity index (χ2v) is 1.77. The zero-order chi connectivity index (χ0) is 9.56. The van der Waals surface area contributed by atoms with E-state index in [4.69, 9.17) is 5.11 Å². The number of hydrogen-bond donors (Lipinski definition) is 1. The SMILES string of the molecule is CCOOC(=O)C(=O)CC(=O)O. The maximum Gasteiger partial charge on any atom is 0.408 e. The van der Waals surface area contributed by atoms with Crippen LogP contribution in [0.2, 0.25) is 0 Å². The van der Waals surface area contributed by atoms with E-state index in [0.29, 0.717) is 0 Å². The largest absolute Gasteiger partial charge is 0.481 e. The van der Waals surface area contributed by atoms with Crippen LogP contribution in [0.3, 0.4) is 0 Å². The van der Waals surface area contributed by atoms with Crippen molar-refractivity contribution in [2.24, 2.45) is 0 Å². The van der Waals surface area contributed by atoms with Crippen LogP contribution in [0.1, 0.15) is 13.3 Å². The smallest absolute Gasteiger partial charge is 0.408 e. The second kappa shape index (κ2) is 5.25. The van der Waals surface area contributed by atoms with Gasteiger partial charge in [0.15, 0.2) is 0 Å². The first-order valence-corrected chi connectivity index (χ1v) is 3.16. The van der Waals surface area contributed by atoms with Gasteiger partial charge < -0.3 is 5.11 Å². The molecule has 0 radical (unpaired) electrons. The van der Waals surface area contributed by atoms with Crippen molar-refractivity contribution < 1.29 is 29.3 Å². The Morgan fingerprint density at radius 2 is 1.92 bits per heavy atom. The third-order valence-corrected chi connectivity index (χ3v) is 0.792. The van der Waals surface area contributed by atoms with Gasteiger partial charge in [-0.2, -0.15) is 4.89 Å². The summed E-state index contributed by atoms with van der Waals surface area (Å²) in [6.45, 7) is 1.65. The van der Waals surface area contributed by atoms with Gasteiger partial charge in [-0.3, -0.25) is 14.5 Å². The maximum atomic E-state index is 10.5. The van der Waals surface area contributed by atoms with Crippen LogP contribution in [-0.2, 0) is 24.2 Å². The molecule has 0 aliphatic rings. The zero-order valence-electron chi connectivity index (χ0n) is 6.40. The molecule has 0 aromatic carbocycles. The molecule has 0 aliphatic heterocycles. The quantitative estimate of drug-likeness (QED) is 0.263. The van der Waals surface area contributed by atoms with Gasteiger partial charge in [-0.05, 0) is 6.92 Å². The average molecular weight is 176 g/mol. The third kappa shape index (κ3) is 4.40. The Bertz CT molecular complexity index is 196. The molecule has 0 amide bonds. The van der Waals surface area contributed by atoms with E-state index in [-0.39, 0.29) is 6.61 Å². The van der Waals surface area contributed by atoms with Gasteiger partial charge in [0.2, 0.25) is 0 Å². The van der Waals surface area contributed by atoms with Crippen LogP contribution in [0.15, 0.2) is 0 Å². The first-order chi connectivity index (χ1) is 5.57. The number of rotatable bonds is 5. The lowest BCUT2D eigenvalue weighted by atomic mass is 10.3. The van der Waals surface area contributed by atoms with E-state index in [1.165, 1.54) is 0 Å². The Labute approximate surface area is 68.0 Å². The van der Waals surface area contributed by atoms with Gasteiger partial charge in [0.25, 0.3) is 5.78 Å². The summed E-state index contributed by atoms with van der Waals surface area (Å²) in [6, 6.07) is 0. The molecule has 0 aliphatic carbocycles. The fraction of sp³-hybridized carbons (Fsp3) is 0.500. The van der Waals surface area contributed by atoms with Crippen LogP contribution in [0, 0.1) is 0 Å². The standard InChI is InChI=1S/C6H8O6/c1-2-11-12-6(10)4(7)3-5(8)9/h2-3H2,1H3,(H,8,9). The van der Waals surface area contributed by atoms with Crippen LogP contribution >= 0.6 is 0 Å². The number of carboxylic acids is 1. The first kappa shape index (κ1) is 10.6. The zero-order valence-corrected chi connectivity index (χ0v) is 6.40. The van der Waals surface area contributed by atoms with Gasteiger partial charge in [0.05, 0.1) is 6.61 Å². The molecule has 0 bridgehead atoms. The first-order valence-electron chi connectivity index (χ1n) is 3.16. The number of ketones is 1. The lowest BCUT2D eigenvalue weighted by Crippen LogP contribution is -2.20. The molecule has 12 heavy (non-hydrogen) atoms. The van der Waals surface area contributed by atoms with Crippen LogP contribution in [0.5, 0.6) is 0 Å². The van der Waals surface area contributed by atoms with Gasteiger partial charge in [0.1, 0.15) is 6.42 Å². The van der Waals surface area contributed by atoms with Gasteiger partial charge in [-0.1, -0.05) is 0 Å². The summed E-state index contributed by atoms with van der Waals surface area (Å²) in [5.41, 5.74) is 0. The van der Waals surface area contributed by atoms with E-state index >= 15 is 0 Å². The number of carbonyl (C=O) groups is 3. The summed E-state index contributed by atoms with van der Waals surface area (Å²) < 4.78 is 0. The highest BCUT2D eigenvalue weighted by molar-refractivity contribution is 6.36.